The predicted octanol–water partition coefficient (Wildman–Crippen LogP) is 8.82. The third-order valence-corrected chi connectivity index (χ3v) is 7.36. The fourth-order valence-corrected chi connectivity index (χ4v) is 5.53. The smallest absolute Gasteiger partial charge is 0.180 e. The monoisotopic (exact) mass is 528 g/mol. The molecule has 4 nitrogen and oxygen atoms in total. The quantitative estimate of drug-likeness (QED) is 0.207. The van der Waals surface area contributed by atoms with Crippen molar-refractivity contribution in [2.75, 3.05) is 11.9 Å². The number of rotatable bonds is 9. The van der Waals surface area contributed by atoms with E-state index in [0.29, 0.717) is 36.3 Å². The Morgan fingerprint density at radius 2 is 1.68 bits per heavy atom. The molecular formula is C31H29ClN2O2S. The van der Waals surface area contributed by atoms with Gasteiger partial charge in [0.05, 0.1) is 21.8 Å². The third kappa shape index (κ3) is 6.07. The van der Waals surface area contributed by atoms with E-state index in [4.69, 9.17) is 26.1 Å². The molecule has 0 fully saturated rings. The first-order chi connectivity index (χ1) is 18.0. The Morgan fingerprint density at radius 1 is 0.865 bits per heavy atom. The highest BCUT2D eigenvalue weighted by Crippen LogP contribution is 2.38. The highest BCUT2D eigenvalue weighted by atomic mass is 35.5. The van der Waals surface area contributed by atoms with Gasteiger partial charge in [-0.1, -0.05) is 47.5 Å². The molecular weight excluding hydrogens is 500 g/mol. The zero-order valence-electron chi connectivity index (χ0n) is 21.2. The number of fused-ring (bicyclic) bond motifs is 1. The molecule has 5 aromatic rings. The lowest BCUT2D eigenvalue weighted by Crippen LogP contribution is -2.04. The minimum absolute atomic E-state index is 0.430. The summed E-state index contributed by atoms with van der Waals surface area (Å²) in [5.74, 6) is 1.23. The van der Waals surface area contributed by atoms with Gasteiger partial charge in [-0.2, -0.15) is 0 Å². The molecule has 1 aromatic heterocycles. The van der Waals surface area contributed by atoms with E-state index in [1.165, 1.54) is 15.8 Å². The fraction of sp³-hybridized carbons (Fsp3) is 0.194. The van der Waals surface area contributed by atoms with Crippen molar-refractivity contribution in [3.05, 3.63) is 106 Å². The van der Waals surface area contributed by atoms with Gasteiger partial charge in [-0.3, -0.25) is 0 Å². The number of aromatic nitrogens is 1. The van der Waals surface area contributed by atoms with E-state index >= 15 is 0 Å². The van der Waals surface area contributed by atoms with Crippen molar-refractivity contribution in [1.29, 1.82) is 0 Å². The molecule has 5 rings (SSSR count). The Morgan fingerprint density at radius 3 is 2.46 bits per heavy atom. The number of nitrogens with zero attached hydrogens (tertiary/aromatic N) is 1. The van der Waals surface area contributed by atoms with Crippen LogP contribution in [-0.4, -0.2) is 11.6 Å². The Labute approximate surface area is 226 Å². The number of hydrogen-bond acceptors (Lipinski definition) is 5. The van der Waals surface area contributed by atoms with Gasteiger partial charge in [-0.15, -0.1) is 11.3 Å². The van der Waals surface area contributed by atoms with E-state index in [9.17, 15) is 0 Å². The largest absolute Gasteiger partial charge is 0.490 e. The summed E-state index contributed by atoms with van der Waals surface area (Å²) in [6, 6.07) is 26.9. The molecule has 4 aromatic carbocycles. The normalized spacial score (nSPS) is 11.0. The first kappa shape index (κ1) is 25.1. The molecule has 0 saturated heterocycles. The molecule has 0 saturated carbocycles. The average Bonchev–Trinajstić information content (AvgIpc) is 3.31. The Kier molecular flexibility index (Phi) is 7.63. The van der Waals surface area contributed by atoms with Crippen LogP contribution >= 0.6 is 22.9 Å². The standard InChI is InChI=1S/C31H29ClN2O2S/c1-4-35-28-17-23(16-26(32)30(28)36-19-22-7-5-6-20(2)14-22)18-33-25-11-9-24(10-12-25)31-34-27-13-8-21(3)15-29(27)37-31/h5-17,33H,4,18-19H2,1-3H3. The van der Waals surface area contributed by atoms with Gasteiger partial charge in [-0.25, -0.2) is 4.98 Å². The first-order valence-corrected chi connectivity index (χ1v) is 13.5. The number of thiazole rings is 1. The van der Waals surface area contributed by atoms with Gasteiger partial charge < -0.3 is 14.8 Å². The van der Waals surface area contributed by atoms with Crippen LogP contribution in [0.3, 0.4) is 0 Å². The number of aryl methyl sites for hydroxylation is 2. The third-order valence-electron chi connectivity index (χ3n) is 6.01. The molecule has 0 amide bonds. The Balaban J connectivity index is 1.27. The van der Waals surface area contributed by atoms with Crippen LogP contribution in [0.4, 0.5) is 5.69 Å². The van der Waals surface area contributed by atoms with Gasteiger partial charge in [0, 0.05) is 17.8 Å². The Hall–Kier alpha value is -3.54. The minimum Gasteiger partial charge on any atom is -0.490 e. The van der Waals surface area contributed by atoms with Crippen LogP contribution in [0.2, 0.25) is 5.02 Å². The van der Waals surface area contributed by atoms with Crippen molar-refractivity contribution in [1.82, 2.24) is 4.98 Å². The van der Waals surface area contributed by atoms with E-state index in [1.807, 2.05) is 31.2 Å². The van der Waals surface area contributed by atoms with Gasteiger partial charge in [0.15, 0.2) is 11.5 Å². The van der Waals surface area contributed by atoms with E-state index in [2.05, 4.69) is 73.8 Å². The van der Waals surface area contributed by atoms with Crippen LogP contribution in [0.5, 0.6) is 11.5 Å². The summed E-state index contributed by atoms with van der Waals surface area (Å²) >= 11 is 8.36. The van der Waals surface area contributed by atoms with E-state index in [1.54, 1.807) is 11.3 Å². The van der Waals surface area contributed by atoms with E-state index in [-0.39, 0.29) is 0 Å². The number of halogens is 1. The molecule has 0 aliphatic heterocycles. The van der Waals surface area contributed by atoms with Crippen molar-refractivity contribution in [3.63, 3.8) is 0 Å². The minimum atomic E-state index is 0.430. The zero-order valence-corrected chi connectivity index (χ0v) is 22.7. The van der Waals surface area contributed by atoms with Gasteiger partial charge in [0.1, 0.15) is 11.6 Å². The second kappa shape index (κ2) is 11.2. The van der Waals surface area contributed by atoms with Crippen LogP contribution in [0, 0.1) is 13.8 Å². The molecule has 188 valence electrons. The van der Waals surface area contributed by atoms with Gasteiger partial charge in [0.2, 0.25) is 0 Å². The highest BCUT2D eigenvalue weighted by molar-refractivity contribution is 7.21. The lowest BCUT2D eigenvalue weighted by Gasteiger charge is -2.16. The van der Waals surface area contributed by atoms with Gasteiger partial charge in [-0.05, 0) is 86.0 Å². The van der Waals surface area contributed by atoms with Crippen molar-refractivity contribution >= 4 is 38.8 Å². The second-order valence-electron chi connectivity index (χ2n) is 9.04. The lowest BCUT2D eigenvalue weighted by atomic mass is 10.1. The molecule has 1 N–H and O–H groups in total. The van der Waals surface area contributed by atoms with E-state index < -0.39 is 0 Å². The first-order valence-electron chi connectivity index (χ1n) is 12.3. The number of benzene rings is 4. The topological polar surface area (TPSA) is 43.4 Å². The zero-order chi connectivity index (χ0) is 25.8. The summed E-state index contributed by atoms with van der Waals surface area (Å²) in [4.78, 5) is 4.79. The second-order valence-corrected chi connectivity index (χ2v) is 10.5. The number of nitrogens with one attached hydrogen (secondary N) is 1. The number of anilines is 1. The summed E-state index contributed by atoms with van der Waals surface area (Å²) in [5.41, 5.74) is 7.73. The summed E-state index contributed by atoms with van der Waals surface area (Å²) < 4.78 is 13.2. The molecule has 0 unspecified atom stereocenters. The van der Waals surface area contributed by atoms with Gasteiger partial charge >= 0.3 is 0 Å². The molecule has 0 aliphatic rings. The molecule has 0 aliphatic carbocycles. The SMILES string of the molecule is CCOc1cc(CNc2ccc(-c3nc4ccc(C)cc4s3)cc2)cc(Cl)c1OCc1cccc(C)c1. The van der Waals surface area contributed by atoms with Crippen LogP contribution < -0.4 is 14.8 Å². The number of ether oxygens (including phenoxy) is 2. The fourth-order valence-electron chi connectivity index (χ4n) is 4.17. The summed E-state index contributed by atoms with van der Waals surface area (Å²) in [7, 11) is 0. The summed E-state index contributed by atoms with van der Waals surface area (Å²) in [5, 5.41) is 5.05. The molecule has 0 bridgehead atoms. The average molecular weight is 529 g/mol. The lowest BCUT2D eigenvalue weighted by molar-refractivity contribution is 0.269. The summed E-state index contributed by atoms with van der Waals surface area (Å²) in [6.07, 6.45) is 0. The van der Waals surface area contributed by atoms with Crippen LogP contribution in [0.1, 0.15) is 29.2 Å². The maximum absolute atomic E-state index is 6.64. The van der Waals surface area contributed by atoms with E-state index in [0.717, 1.165) is 32.9 Å². The maximum Gasteiger partial charge on any atom is 0.180 e. The van der Waals surface area contributed by atoms with Crippen LogP contribution in [0.15, 0.2) is 78.9 Å². The van der Waals surface area contributed by atoms with Crippen molar-refractivity contribution in [2.24, 2.45) is 0 Å². The molecule has 0 radical (unpaired) electrons. The van der Waals surface area contributed by atoms with Crippen LogP contribution in [0.25, 0.3) is 20.8 Å². The molecule has 6 heteroatoms. The molecule has 37 heavy (non-hydrogen) atoms. The predicted molar refractivity (Wildman–Crippen MR) is 155 cm³/mol. The number of hydrogen-bond donors (Lipinski definition) is 1. The molecule has 0 spiro atoms. The van der Waals surface area contributed by atoms with Crippen molar-refractivity contribution < 1.29 is 9.47 Å². The van der Waals surface area contributed by atoms with Crippen LogP contribution in [-0.2, 0) is 13.2 Å². The van der Waals surface area contributed by atoms with Crippen molar-refractivity contribution in [3.8, 4) is 22.1 Å². The maximum atomic E-state index is 6.64. The molecule has 1 heterocycles. The Bertz CT molecular complexity index is 1530. The van der Waals surface area contributed by atoms with Gasteiger partial charge in [0.25, 0.3) is 0 Å². The molecule has 0 atom stereocenters. The summed E-state index contributed by atoms with van der Waals surface area (Å²) in [6.45, 7) is 7.70. The highest BCUT2D eigenvalue weighted by Gasteiger charge is 2.14. The van der Waals surface area contributed by atoms with Crippen molar-refractivity contribution in [2.45, 2.75) is 33.9 Å².